The van der Waals surface area contributed by atoms with Gasteiger partial charge in [0.1, 0.15) is 17.4 Å². The van der Waals surface area contributed by atoms with Crippen LogP contribution in [0.15, 0.2) is 28.7 Å². The van der Waals surface area contributed by atoms with E-state index in [-0.39, 0.29) is 23.6 Å². The minimum Gasteiger partial charge on any atom is -0.459 e. The van der Waals surface area contributed by atoms with E-state index in [1.165, 1.54) is 18.2 Å². The van der Waals surface area contributed by atoms with Gasteiger partial charge in [-0.2, -0.15) is 0 Å². The number of benzene rings is 1. The van der Waals surface area contributed by atoms with Crippen LogP contribution in [0.1, 0.15) is 46.4 Å². The molecular formula is C19H25N3O6. The molecule has 28 heavy (non-hydrogen) atoms. The second kappa shape index (κ2) is 8.73. The van der Waals surface area contributed by atoms with Gasteiger partial charge in [0.15, 0.2) is 0 Å². The van der Waals surface area contributed by atoms with Gasteiger partial charge in [0.2, 0.25) is 5.91 Å². The number of non-ortho nitro benzene ring substituents is 1. The zero-order valence-corrected chi connectivity index (χ0v) is 16.5. The third-order valence-electron chi connectivity index (χ3n) is 4.08. The summed E-state index contributed by atoms with van der Waals surface area (Å²) in [4.78, 5) is 34.9. The van der Waals surface area contributed by atoms with Gasteiger partial charge in [0, 0.05) is 17.5 Å². The lowest BCUT2D eigenvalue weighted by atomic mass is 10.0. The molecule has 2 aromatic rings. The molecule has 0 bridgehead atoms. The summed E-state index contributed by atoms with van der Waals surface area (Å²) in [5.41, 5.74) is 0.449. The molecule has 0 saturated heterocycles. The number of rotatable bonds is 7. The highest BCUT2D eigenvalue weighted by atomic mass is 16.6. The number of amides is 2. The molecule has 0 aliphatic rings. The van der Waals surface area contributed by atoms with Crippen molar-refractivity contribution in [2.24, 2.45) is 5.92 Å². The first-order valence-electron chi connectivity index (χ1n) is 9.04. The van der Waals surface area contributed by atoms with Crippen LogP contribution >= 0.6 is 0 Å². The molecule has 1 heterocycles. The molecule has 0 saturated carbocycles. The van der Waals surface area contributed by atoms with E-state index in [4.69, 9.17) is 9.15 Å². The fraction of sp³-hybridized carbons (Fsp3) is 0.474. The molecule has 1 unspecified atom stereocenters. The van der Waals surface area contributed by atoms with Crippen LogP contribution in [0.5, 0.6) is 0 Å². The summed E-state index contributed by atoms with van der Waals surface area (Å²) in [6, 6.07) is 4.67. The predicted octanol–water partition coefficient (Wildman–Crippen LogP) is 3.68. The van der Waals surface area contributed by atoms with Crippen molar-refractivity contribution in [3.63, 3.8) is 0 Å². The molecule has 0 radical (unpaired) electrons. The van der Waals surface area contributed by atoms with E-state index < -0.39 is 23.1 Å². The highest BCUT2D eigenvalue weighted by molar-refractivity contribution is 5.86. The first kappa shape index (κ1) is 21.2. The summed E-state index contributed by atoms with van der Waals surface area (Å²) in [5, 5.41) is 16.8. The van der Waals surface area contributed by atoms with Crippen molar-refractivity contribution in [2.75, 3.05) is 0 Å². The monoisotopic (exact) mass is 391 g/mol. The molecule has 0 fully saturated rings. The third-order valence-corrected chi connectivity index (χ3v) is 4.08. The van der Waals surface area contributed by atoms with Gasteiger partial charge in [-0.25, -0.2) is 4.79 Å². The minimum atomic E-state index is -0.779. The Balaban J connectivity index is 2.11. The number of carbonyl (C=O) groups is 2. The van der Waals surface area contributed by atoms with Crippen LogP contribution < -0.4 is 10.6 Å². The first-order chi connectivity index (χ1) is 13.1. The minimum absolute atomic E-state index is 0.0377. The average molecular weight is 391 g/mol. The Labute approximate surface area is 162 Å². The highest BCUT2D eigenvalue weighted by Gasteiger charge is 2.27. The lowest BCUT2D eigenvalue weighted by Gasteiger charge is -2.23. The maximum atomic E-state index is 12.6. The van der Waals surface area contributed by atoms with Gasteiger partial charge in [-0.05, 0) is 38.8 Å². The number of hydrogen-bond acceptors (Lipinski definition) is 6. The van der Waals surface area contributed by atoms with E-state index in [0.29, 0.717) is 16.7 Å². The molecule has 2 amide bonds. The second-order valence-electron chi connectivity index (χ2n) is 7.18. The van der Waals surface area contributed by atoms with E-state index in [9.17, 15) is 19.7 Å². The number of ether oxygens (including phenoxy) is 1. The number of furan rings is 1. The number of hydrogen-bond donors (Lipinski definition) is 2. The van der Waals surface area contributed by atoms with Crippen LogP contribution in [0.2, 0.25) is 0 Å². The zero-order chi connectivity index (χ0) is 21.0. The van der Waals surface area contributed by atoms with E-state index in [0.717, 1.165) is 0 Å². The lowest BCUT2D eigenvalue weighted by Crippen LogP contribution is -2.50. The van der Waals surface area contributed by atoms with Crippen molar-refractivity contribution in [3.05, 3.63) is 40.1 Å². The maximum Gasteiger partial charge on any atom is 0.408 e. The Hall–Kier alpha value is -3.10. The quantitative estimate of drug-likeness (QED) is 0.548. The van der Waals surface area contributed by atoms with Crippen LogP contribution in [0.4, 0.5) is 10.5 Å². The summed E-state index contributed by atoms with van der Waals surface area (Å²) in [6.07, 6.45) is -0.957. The van der Waals surface area contributed by atoms with Gasteiger partial charge in [-0.1, -0.05) is 13.8 Å². The Morgan fingerprint density at radius 3 is 2.36 bits per heavy atom. The van der Waals surface area contributed by atoms with E-state index in [1.807, 2.05) is 13.8 Å². The molecule has 0 aliphatic carbocycles. The van der Waals surface area contributed by atoms with Gasteiger partial charge in [-0.3, -0.25) is 14.9 Å². The molecule has 0 aliphatic heterocycles. The topological polar surface area (TPSA) is 124 Å². The lowest BCUT2D eigenvalue weighted by molar-refractivity contribution is -0.384. The van der Waals surface area contributed by atoms with Gasteiger partial charge in [-0.15, -0.1) is 0 Å². The van der Waals surface area contributed by atoms with Crippen LogP contribution in [0, 0.1) is 16.0 Å². The fourth-order valence-corrected chi connectivity index (χ4v) is 2.66. The van der Waals surface area contributed by atoms with Gasteiger partial charge < -0.3 is 19.8 Å². The Morgan fingerprint density at radius 1 is 1.11 bits per heavy atom. The van der Waals surface area contributed by atoms with Gasteiger partial charge >= 0.3 is 6.09 Å². The molecule has 2 atom stereocenters. The standard InChI is InChI=1S/C19H25N3O6/c1-10(2)17(21-19(24)27-11(3)4)18(23)20-12(5)16-9-13-8-14(22(25)26)6-7-15(13)28-16/h6-12,17H,1-5H3,(H,20,23)(H,21,24)/t12?,17-/m0/s1. The summed E-state index contributed by atoms with van der Waals surface area (Å²) < 4.78 is 10.7. The van der Waals surface area contributed by atoms with Gasteiger partial charge in [0.25, 0.3) is 5.69 Å². The fourth-order valence-electron chi connectivity index (χ4n) is 2.66. The Kier molecular flexibility index (Phi) is 6.61. The van der Waals surface area contributed by atoms with E-state index in [2.05, 4.69) is 10.6 Å². The number of nitro benzene ring substituents is 1. The first-order valence-corrected chi connectivity index (χ1v) is 9.04. The Bertz CT molecular complexity index is 874. The van der Waals surface area contributed by atoms with Crippen LogP contribution in [-0.2, 0) is 9.53 Å². The molecule has 2 rings (SSSR count). The number of nitrogens with one attached hydrogen (secondary N) is 2. The number of nitro groups is 1. The van der Waals surface area contributed by atoms with Crippen LogP contribution in [0.3, 0.4) is 0 Å². The van der Waals surface area contributed by atoms with Crippen LogP contribution in [-0.4, -0.2) is 29.1 Å². The van der Waals surface area contributed by atoms with Crippen molar-refractivity contribution in [2.45, 2.75) is 52.8 Å². The molecule has 2 N–H and O–H groups in total. The van der Waals surface area contributed by atoms with Gasteiger partial charge in [0.05, 0.1) is 17.1 Å². The normalized spacial score (nSPS) is 13.4. The number of carbonyl (C=O) groups excluding carboxylic acids is 2. The SMILES string of the molecule is CC(C)OC(=O)N[C@H](C(=O)NC(C)c1cc2cc([N+](=O)[O-])ccc2o1)C(C)C. The molecule has 9 heteroatoms. The summed E-state index contributed by atoms with van der Waals surface area (Å²) in [7, 11) is 0. The summed E-state index contributed by atoms with van der Waals surface area (Å²) >= 11 is 0. The third kappa shape index (κ3) is 5.21. The molecular weight excluding hydrogens is 366 g/mol. The summed E-state index contributed by atoms with van der Waals surface area (Å²) in [6.45, 7) is 8.79. The largest absolute Gasteiger partial charge is 0.459 e. The maximum absolute atomic E-state index is 12.6. The van der Waals surface area contributed by atoms with Crippen molar-refractivity contribution in [3.8, 4) is 0 Å². The molecule has 152 valence electrons. The predicted molar refractivity (Wildman–Crippen MR) is 103 cm³/mol. The smallest absolute Gasteiger partial charge is 0.408 e. The average Bonchev–Trinajstić information content (AvgIpc) is 3.01. The number of fused-ring (bicyclic) bond motifs is 1. The summed E-state index contributed by atoms with van der Waals surface area (Å²) in [5.74, 6) is -0.0870. The number of nitrogens with zero attached hydrogens (tertiary/aromatic N) is 1. The van der Waals surface area contributed by atoms with E-state index >= 15 is 0 Å². The molecule has 0 spiro atoms. The molecule has 1 aromatic carbocycles. The second-order valence-corrected chi connectivity index (χ2v) is 7.18. The van der Waals surface area contributed by atoms with Crippen molar-refractivity contribution in [1.82, 2.24) is 10.6 Å². The Morgan fingerprint density at radius 2 is 1.79 bits per heavy atom. The van der Waals surface area contributed by atoms with Crippen molar-refractivity contribution < 1.29 is 23.7 Å². The molecule has 1 aromatic heterocycles. The highest BCUT2D eigenvalue weighted by Crippen LogP contribution is 2.27. The van der Waals surface area contributed by atoms with E-state index in [1.54, 1.807) is 26.8 Å². The number of alkyl carbamates (subject to hydrolysis) is 1. The van der Waals surface area contributed by atoms with Crippen molar-refractivity contribution in [1.29, 1.82) is 0 Å². The molecule has 9 nitrogen and oxygen atoms in total. The van der Waals surface area contributed by atoms with Crippen molar-refractivity contribution >= 4 is 28.7 Å². The zero-order valence-electron chi connectivity index (χ0n) is 16.5. The van der Waals surface area contributed by atoms with Crippen LogP contribution in [0.25, 0.3) is 11.0 Å².